The van der Waals surface area contributed by atoms with Crippen LogP contribution in [-0.4, -0.2) is 20.8 Å². The monoisotopic (exact) mass is 258 g/mol. The molecule has 0 aromatic carbocycles. The molecule has 0 saturated heterocycles. The molecule has 2 heterocycles. The normalized spacial score (nSPS) is 12.6. The molecule has 4 heteroatoms. The van der Waals surface area contributed by atoms with Gasteiger partial charge in [0.2, 0.25) is 0 Å². The maximum Gasteiger partial charge on any atom is 0.0489 e. The summed E-state index contributed by atoms with van der Waals surface area (Å²) in [6, 6.07) is 4.55. The van der Waals surface area contributed by atoms with Crippen molar-refractivity contribution in [3.63, 3.8) is 0 Å². The van der Waals surface area contributed by atoms with E-state index in [0.717, 1.165) is 25.2 Å². The highest BCUT2D eigenvalue weighted by Crippen LogP contribution is 2.08. The van der Waals surface area contributed by atoms with Gasteiger partial charge in [-0.1, -0.05) is 0 Å². The third-order valence-corrected chi connectivity index (χ3v) is 3.35. The molecule has 0 aliphatic heterocycles. The van der Waals surface area contributed by atoms with Crippen molar-refractivity contribution >= 4 is 0 Å². The van der Waals surface area contributed by atoms with Crippen LogP contribution in [0.2, 0.25) is 0 Å². The van der Waals surface area contributed by atoms with E-state index in [1.165, 1.54) is 11.1 Å². The first-order chi connectivity index (χ1) is 9.15. The van der Waals surface area contributed by atoms with Crippen LogP contribution in [0.4, 0.5) is 0 Å². The Morgan fingerprint density at radius 1 is 1.37 bits per heavy atom. The summed E-state index contributed by atoms with van der Waals surface area (Å²) in [4.78, 5) is 4.35. The van der Waals surface area contributed by atoms with Crippen LogP contribution >= 0.6 is 0 Å². The maximum absolute atomic E-state index is 4.35. The van der Waals surface area contributed by atoms with Crippen molar-refractivity contribution < 1.29 is 0 Å². The molecule has 0 saturated carbocycles. The SMILES string of the molecule is Cc1cc(C)c(CN[C@H](C)CCn2cccn2)cn1. The summed E-state index contributed by atoms with van der Waals surface area (Å²) in [5.41, 5.74) is 3.66. The topological polar surface area (TPSA) is 42.7 Å². The van der Waals surface area contributed by atoms with Gasteiger partial charge in [-0.05, 0) is 50.5 Å². The molecule has 0 amide bonds. The van der Waals surface area contributed by atoms with Crippen LogP contribution in [0.3, 0.4) is 0 Å². The third-order valence-electron chi connectivity index (χ3n) is 3.35. The average molecular weight is 258 g/mol. The van der Waals surface area contributed by atoms with Crippen molar-refractivity contribution in [2.24, 2.45) is 0 Å². The molecule has 4 nitrogen and oxygen atoms in total. The minimum Gasteiger partial charge on any atom is -0.310 e. The van der Waals surface area contributed by atoms with Gasteiger partial charge in [-0.2, -0.15) is 5.10 Å². The van der Waals surface area contributed by atoms with Crippen molar-refractivity contribution in [1.29, 1.82) is 0 Å². The second-order valence-electron chi connectivity index (χ2n) is 5.09. The van der Waals surface area contributed by atoms with Gasteiger partial charge in [0.1, 0.15) is 0 Å². The molecule has 0 spiro atoms. The van der Waals surface area contributed by atoms with Crippen molar-refractivity contribution in [3.05, 3.63) is 47.5 Å². The Kier molecular flexibility index (Phi) is 4.68. The minimum atomic E-state index is 0.463. The highest BCUT2D eigenvalue weighted by molar-refractivity contribution is 5.24. The summed E-state index contributed by atoms with van der Waals surface area (Å²) in [7, 11) is 0. The highest BCUT2D eigenvalue weighted by Gasteiger charge is 2.04. The lowest BCUT2D eigenvalue weighted by molar-refractivity contribution is 0.457. The van der Waals surface area contributed by atoms with Crippen LogP contribution in [0, 0.1) is 13.8 Å². The molecule has 0 radical (unpaired) electrons. The summed E-state index contributed by atoms with van der Waals surface area (Å²) in [5.74, 6) is 0. The number of hydrogen-bond acceptors (Lipinski definition) is 3. The second-order valence-corrected chi connectivity index (χ2v) is 5.09. The number of aryl methyl sites for hydroxylation is 3. The summed E-state index contributed by atoms with van der Waals surface area (Å²) in [6.07, 6.45) is 6.86. The number of nitrogens with zero attached hydrogens (tertiary/aromatic N) is 3. The number of rotatable bonds is 6. The van der Waals surface area contributed by atoms with Gasteiger partial charge in [0, 0.05) is 43.4 Å². The van der Waals surface area contributed by atoms with E-state index in [9.17, 15) is 0 Å². The van der Waals surface area contributed by atoms with Crippen molar-refractivity contribution in [3.8, 4) is 0 Å². The molecule has 0 unspecified atom stereocenters. The predicted octanol–water partition coefficient (Wildman–Crippen LogP) is 2.46. The molecule has 2 rings (SSSR count). The fraction of sp³-hybridized carbons (Fsp3) is 0.467. The summed E-state index contributed by atoms with van der Waals surface area (Å²) >= 11 is 0. The van der Waals surface area contributed by atoms with E-state index in [-0.39, 0.29) is 0 Å². The Morgan fingerprint density at radius 2 is 2.21 bits per heavy atom. The van der Waals surface area contributed by atoms with Crippen LogP contribution in [0.15, 0.2) is 30.7 Å². The fourth-order valence-corrected chi connectivity index (χ4v) is 2.05. The Morgan fingerprint density at radius 3 is 2.89 bits per heavy atom. The number of nitrogens with one attached hydrogen (secondary N) is 1. The molecule has 0 bridgehead atoms. The lowest BCUT2D eigenvalue weighted by Gasteiger charge is -2.15. The van der Waals surface area contributed by atoms with Gasteiger partial charge in [0.05, 0.1) is 0 Å². The Labute approximate surface area is 114 Å². The van der Waals surface area contributed by atoms with E-state index < -0.39 is 0 Å². The van der Waals surface area contributed by atoms with Crippen molar-refractivity contribution in [1.82, 2.24) is 20.1 Å². The van der Waals surface area contributed by atoms with Gasteiger partial charge in [-0.15, -0.1) is 0 Å². The number of pyridine rings is 1. The Hall–Kier alpha value is -1.68. The first kappa shape index (κ1) is 13.7. The zero-order valence-electron chi connectivity index (χ0n) is 11.9. The van der Waals surface area contributed by atoms with E-state index in [1.54, 1.807) is 0 Å². The van der Waals surface area contributed by atoms with E-state index in [0.29, 0.717) is 6.04 Å². The van der Waals surface area contributed by atoms with Crippen molar-refractivity contribution in [2.75, 3.05) is 0 Å². The van der Waals surface area contributed by atoms with Crippen molar-refractivity contribution in [2.45, 2.75) is 46.3 Å². The quantitative estimate of drug-likeness (QED) is 0.865. The molecule has 1 N–H and O–H groups in total. The standard InChI is InChI=1S/C15H22N4/c1-12-9-14(3)17-11-15(12)10-16-13(2)5-8-19-7-4-6-18-19/h4,6-7,9,11,13,16H,5,8,10H2,1-3H3/t13-/m1/s1. The van der Waals surface area contributed by atoms with Crippen LogP contribution in [0.5, 0.6) is 0 Å². The van der Waals surface area contributed by atoms with E-state index in [1.807, 2.05) is 36.3 Å². The largest absolute Gasteiger partial charge is 0.310 e. The van der Waals surface area contributed by atoms with Gasteiger partial charge in [-0.3, -0.25) is 9.67 Å². The third kappa shape index (κ3) is 4.17. The summed E-state index contributed by atoms with van der Waals surface area (Å²) < 4.78 is 1.97. The van der Waals surface area contributed by atoms with E-state index in [2.05, 4.69) is 35.3 Å². The number of aromatic nitrogens is 3. The van der Waals surface area contributed by atoms with Gasteiger partial charge < -0.3 is 5.32 Å². The lowest BCUT2D eigenvalue weighted by atomic mass is 10.1. The smallest absolute Gasteiger partial charge is 0.0489 e. The highest BCUT2D eigenvalue weighted by atomic mass is 15.3. The molecule has 102 valence electrons. The molecule has 2 aromatic rings. The predicted molar refractivity (Wildman–Crippen MR) is 76.9 cm³/mol. The molecule has 0 aliphatic carbocycles. The first-order valence-corrected chi connectivity index (χ1v) is 6.78. The molecule has 19 heavy (non-hydrogen) atoms. The molecule has 0 aliphatic rings. The zero-order valence-corrected chi connectivity index (χ0v) is 11.9. The summed E-state index contributed by atoms with van der Waals surface area (Å²) in [5, 5.41) is 7.75. The van der Waals surface area contributed by atoms with Crippen LogP contribution < -0.4 is 5.32 Å². The van der Waals surface area contributed by atoms with E-state index in [4.69, 9.17) is 0 Å². The molecular weight excluding hydrogens is 236 g/mol. The van der Waals surface area contributed by atoms with Gasteiger partial charge in [0.25, 0.3) is 0 Å². The van der Waals surface area contributed by atoms with Crippen LogP contribution in [0.25, 0.3) is 0 Å². The number of hydrogen-bond donors (Lipinski definition) is 1. The minimum absolute atomic E-state index is 0.463. The molecule has 0 fully saturated rings. The lowest BCUT2D eigenvalue weighted by Crippen LogP contribution is -2.27. The second kappa shape index (κ2) is 6.48. The fourth-order valence-electron chi connectivity index (χ4n) is 2.05. The Balaban J connectivity index is 1.78. The molecule has 1 atom stereocenters. The van der Waals surface area contributed by atoms with Gasteiger partial charge in [0.15, 0.2) is 0 Å². The Bertz CT molecular complexity index is 505. The first-order valence-electron chi connectivity index (χ1n) is 6.78. The molecular formula is C15H22N4. The van der Waals surface area contributed by atoms with Gasteiger partial charge in [-0.25, -0.2) is 0 Å². The zero-order chi connectivity index (χ0) is 13.7. The van der Waals surface area contributed by atoms with Crippen LogP contribution in [-0.2, 0) is 13.1 Å². The van der Waals surface area contributed by atoms with E-state index >= 15 is 0 Å². The maximum atomic E-state index is 4.35. The average Bonchev–Trinajstić information content (AvgIpc) is 2.88. The molecule has 2 aromatic heterocycles. The van der Waals surface area contributed by atoms with Crippen LogP contribution in [0.1, 0.15) is 30.2 Å². The van der Waals surface area contributed by atoms with Gasteiger partial charge >= 0.3 is 0 Å². The summed E-state index contributed by atoms with van der Waals surface area (Å²) in [6.45, 7) is 8.20.